The van der Waals surface area contributed by atoms with E-state index in [0.717, 1.165) is 32.7 Å². The van der Waals surface area contributed by atoms with Crippen LogP contribution in [-0.2, 0) is 6.54 Å². The topological polar surface area (TPSA) is 18.8 Å². The van der Waals surface area contributed by atoms with Gasteiger partial charge in [0.15, 0.2) is 0 Å². The van der Waals surface area contributed by atoms with Gasteiger partial charge in [0.1, 0.15) is 0 Å². The summed E-state index contributed by atoms with van der Waals surface area (Å²) in [4.78, 5) is 2.54. The average molecular weight is 430 g/mol. The van der Waals surface area contributed by atoms with Crippen LogP contribution in [0.25, 0.3) is 32.3 Å². The lowest BCUT2D eigenvalue weighted by Gasteiger charge is -2.33. The van der Waals surface area contributed by atoms with Crippen molar-refractivity contribution in [3.8, 4) is 0 Å². The highest BCUT2D eigenvalue weighted by Gasteiger charge is 2.16. The van der Waals surface area contributed by atoms with E-state index in [-0.39, 0.29) is 0 Å². The predicted octanol–water partition coefficient (Wildman–Crippen LogP) is 6.30. The molecule has 0 aliphatic carbocycles. The Labute approximate surface area is 194 Å². The first-order valence-electron chi connectivity index (χ1n) is 11.7. The van der Waals surface area contributed by atoms with Gasteiger partial charge in [0.2, 0.25) is 0 Å². The summed E-state index contributed by atoms with van der Waals surface area (Å²) < 4.78 is 0. The summed E-state index contributed by atoms with van der Waals surface area (Å²) in [6.07, 6.45) is 2.07. The highest BCUT2D eigenvalue weighted by atomic mass is 15.5. The van der Waals surface area contributed by atoms with E-state index in [1.54, 1.807) is 0 Å². The molecule has 1 saturated heterocycles. The van der Waals surface area contributed by atoms with E-state index >= 15 is 0 Å². The predicted molar refractivity (Wildman–Crippen MR) is 140 cm³/mol. The smallest absolute Gasteiger partial charge is 0.0555 e. The molecule has 0 aromatic heterocycles. The minimum absolute atomic E-state index is 0.948. The van der Waals surface area contributed by atoms with Crippen LogP contribution in [0.2, 0.25) is 0 Å². The van der Waals surface area contributed by atoms with Crippen LogP contribution in [0.4, 0.5) is 0 Å². The van der Waals surface area contributed by atoms with Crippen LogP contribution in [0, 0.1) is 0 Å². The lowest BCUT2D eigenvalue weighted by Crippen LogP contribution is -2.43. The summed E-state index contributed by atoms with van der Waals surface area (Å²) in [5, 5.41) is 14.9. The first-order valence-corrected chi connectivity index (χ1v) is 11.7. The van der Waals surface area contributed by atoms with Crippen LogP contribution in [-0.4, -0.2) is 42.3 Å². The van der Waals surface area contributed by atoms with E-state index in [0.29, 0.717) is 0 Å². The molecule has 0 N–H and O–H groups in total. The molecular weight excluding hydrogens is 402 g/mol. The number of benzene rings is 5. The van der Waals surface area contributed by atoms with Gasteiger partial charge in [-0.1, -0.05) is 91.0 Å². The standard InChI is InChI=1S/C30H27N3/c1-4-13-27-23(8-1)11-7-12-26(27)22-32-16-18-33(19-17-32)31-21-30-28-14-5-2-9-24(28)20-25-10-3-6-15-29(25)30/h1-15,20-21H,16-19,22H2. The molecule has 33 heavy (non-hydrogen) atoms. The van der Waals surface area contributed by atoms with E-state index in [4.69, 9.17) is 5.10 Å². The molecule has 0 radical (unpaired) electrons. The molecule has 6 rings (SSSR count). The molecule has 0 unspecified atom stereocenters. The molecule has 3 heteroatoms. The summed E-state index contributed by atoms with van der Waals surface area (Å²) in [6.45, 7) is 4.94. The quantitative estimate of drug-likeness (QED) is 0.247. The second kappa shape index (κ2) is 8.68. The summed E-state index contributed by atoms with van der Waals surface area (Å²) in [5.74, 6) is 0. The van der Waals surface area contributed by atoms with E-state index < -0.39 is 0 Å². The third-order valence-electron chi connectivity index (χ3n) is 6.79. The maximum absolute atomic E-state index is 4.93. The third-order valence-corrected chi connectivity index (χ3v) is 6.79. The molecule has 162 valence electrons. The number of piperazine rings is 1. The van der Waals surface area contributed by atoms with Gasteiger partial charge in [-0.15, -0.1) is 0 Å². The molecule has 1 heterocycles. The van der Waals surface area contributed by atoms with Crippen LogP contribution in [0.5, 0.6) is 0 Å². The Morgan fingerprint density at radius 3 is 1.88 bits per heavy atom. The van der Waals surface area contributed by atoms with Crippen molar-refractivity contribution in [2.24, 2.45) is 5.10 Å². The average Bonchev–Trinajstić information content (AvgIpc) is 2.88. The lowest BCUT2D eigenvalue weighted by molar-refractivity contribution is 0.131. The summed E-state index contributed by atoms with van der Waals surface area (Å²) in [5.41, 5.74) is 2.62. The molecule has 5 aromatic carbocycles. The third kappa shape index (κ3) is 3.96. The Bertz CT molecular complexity index is 1400. The molecule has 5 aromatic rings. The highest BCUT2D eigenvalue weighted by molar-refractivity contribution is 6.13. The minimum atomic E-state index is 0.948. The number of rotatable bonds is 4. The van der Waals surface area contributed by atoms with Crippen LogP contribution in [0.1, 0.15) is 11.1 Å². The molecule has 1 aliphatic heterocycles. The number of nitrogens with zero attached hydrogens (tertiary/aromatic N) is 3. The van der Waals surface area contributed by atoms with Crippen LogP contribution < -0.4 is 0 Å². The van der Waals surface area contributed by atoms with Gasteiger partial charge >= 0.3 is 0 Å². The maximum Gasteiger partial charge on any atom is 0.0555 e. The molecule has 0 amide bonds. The lowest BCUT2D eigenvalue weighted by atomic mass is 9.97. The second-order valence-electron chi connectivity index (χ2n) is 8.85. The SMILES string of the molecule is C(=NN1CCN(Cc2cccc3ccccc23)CC1)c1c2ccccc2cc2ccccc12. The van der Waals surface area contributed by atoms with Gasteiger partial charge in [0.05, 0.1) is 6.21 Å². The summed E-state index contributed by atoms with van der Waals surface area (Å²) >= 11 is 0. The fourth-order valence-corrected chi connectivity index (χ4v) is 5.01. The Balaban J connectivity index is 1.20. The normalized spacial score (nSPS) is 15.2. The molecule has 1 fully saturated rings. The number of hydrogen-bond acceptors (Lipinski definition) is 3. The highest BCUT2D eigenvalue weighted by Crippen LogP contribution is 2.27. The minimum Gasteiger partial charge on any atom is -0.295 e. The van der Waals surface area contributed by atoms with E-state index in [1.165, 1.54) is 43.4 Å². The van der Waals surface area contributed by atoms with E-state index in [9.17, 15) is 0 Å². The Hall–Kier alpha value is -3.69. The molecule has 3 nitrogen and oxygen atoms in total. The van der Waals surface area contributed by atoms with Crippen molar-refractivity contribution in [2.75, 3.05) is 26.2 Å². The van der Waals surface area contributed by atoms with Gasteiger partial charge in [-0.3, -0.25) is 9.91 Å². The fourth-order valence-electron chi connectivity index (χ4n) is 5.01. The zero-order valence-corrected chi connectivity index (χ0v) is 18.7. The molecule has 0 bridgehead atoms. The molecule has 0 atom stereocenters. The maximum atomic E-state index is 4.93. The van der Waals surface area contributed by atoms with Crippen LogP contribution in [0.15, 0.2) is 102 Å². The number of hydrazone groups is 1. The van der Waals surface area contributed by atoms with Crippen LogP contribution >= 0.6 is 0 Å². The Morgan fingerprint density at radius 2 is 1.18 bits per heavy atom. The van der Waals surface area contributed by atoms with Gasteiger partial charge < -0.3 is 0 Å². The van der Waals surface area contributed by atoms with Crippen molar-refractivity contribution in [2.45, 2.75) is 6.54 Å². The number of fused-ring (bicyclic) bond motifs is 3. The van der Waals surface area contributed by atoms with Gasteiger partial charge in [-0.2, -0.15) is 5.10 Å². The first-order chi connectivity index (χ1) is 16.3. The van der Waals surface area contributed by atoms with Gasteiger partial charge in [0.25, 0.3) is 0 Å². The zero-order valence-electron chi connectivity index (χ0n) is 18.7. The molecule has 0 saturated carbocycles. The number of hydrogen-bond donors (Lipinski definition) is 0. The van der Waals surface area contributed by atoms with Crippen LogP contribution in [0.3, 0.4) is 0 Å². The van der Waals surface area contributed by atoms with Gasteiger partial charge in [-0.05, 0) is 43.9 Å². The van der Waals surface area contributed by atoms with Crippen molar-refractivity contribution in [3.05, 3.63) is 108 Å². The monoisotopic (exact) mass is 429 g/mol. The van der Waals surface area contributed by atoms with E-state index in [2.05, 4.69) is 113 Å². The Morgan fingerprint density at radius 1 is 0.606 bits per heavy atom. The molecule has 1 aliphatic rings. The van der Waals surface area contributed by atoms with Gasteiger partial charge in [0, 0.05) is 38.3 Å². The van der Waals surface area contributed by atoms with Crippen molar-refractivity contribution >= 4 is 38.5 Å². The fraction of sp³-hybridized carbons (Fsp3) is 0.167. The largest absolute Gasteiger partial charge is 0.295 e. The molecular formula is C30H27N3. The second-order valence-corrected chi connectivity index (χ2v) is 8.85. The van der Waals surface area contributed by atoms with E-state index in [1.807, 2.05) is 0 Å². The zero-order chi connectivity index (χ0) is 22.0. The van der Waals surface area contributed by atoms with Crippen molar-refractivity contribution in [3.63, 3.8) is 0 Å². The van der Waals surface area contributed by atoms with Crippen molar-refractivity contribution < 1.29 is 0 Å². The first kappa shape index (κ1) is 20.0. The van der Waals surface area contributed by atoms with Crippen molar-refractivity contribution in [1.29, 1.82) is 0 Å². The van der Waals surface area contributed by atoms with Gasteiger partial charge in [-0.25, -0.2) is 0 Å². The molecule has 0 spiro atoms. The Kier molecular flexibility index (Phi) is 5.25. The summed E-state index contributed by atoms with van der Waals surface area (Å²) in [6, 6.07) is 34.8. The van der Waals surface area contributed by atoms with Crippen molar-refractivity contribution in [1.82, 2.24) is 9.91 Å². The summed E-state index contributed by atoms with van der Waals surface area (Å²) in [7, 11) is 0.